The average Bonchev–Trinajstić information content (AvgIpc) is 2.42. The monoisotopic (exact) mass is 289 g/mol. The summed E-state index contributed by atoms with van der Waals surface area (Å²) in [5.74, 6) is -0.958. The molecule has 1 aliphatic rings. The van der Waals surface area contributed by atoms with Crippen molar-refractivity contribution in [3.63, 3.8) is 0 Å². The maximum Gasteiger partial charge on any atom is 0.306 e. The molecule has 1 N–H and O–H groups in total. The number of piperidine rings is 1. The van der Waals surface area contributed by atoms with Crippen LogP contribution in [0.25, 0.3) is 0 Å². The van der Waals surface area contributed by atoms with Gasteiger partial charge in [0, 0.05) is 13.1 Å². The Morgan fingerprint density at radius 1 is 1.29 bits per heavy atom. The Morgan fingerprint density at radius 3 is 2.43 bits per heavy atom. The lowest BCUT2D eigenvalue weighted by Crippen LogP contribution is -2.45. The number of likely N-dealkylation sites (tertiary alicyclic amines) is 1. The third kappa shape index (κ3) is 3.43. The van der Waals surface area contributed by atoms with E-state index in [-0.39, 0.29) is 17.7 Å². The highest BCUT2D eigenvalue weighted by atomic mass is 16.4. The van der Waals surface area contributed by atoms with Gasteiger partial charge in [0.1, 0.15) is 0 Å². The summed E-state index contributed by atoms with van der Waals surface area (Å²) in [5.41, 5.74) is 3.36. The van der Waals surface area contributed by atoms with E-state index in [2.05, 4.69) is 0 Å². The second-order valence-corrected chi connectivity index (χ2v) is 6.10. The molecule has 0 aromatic heterocycles. The normalized spacial score (nSPS) is 22.1. The minimum absolute atomic E-state index is 0.0122. The lowest BCUT2D eigenvalue weighted by molar-refractivity contribution is -0.148. The van der Waals surface area contributed by atoms with Gasteiger partial charge in [-0.05, 0) is 42.9 Å². The molecule has 1 amide bonds. The molecule has 1 heterocycles. The van der Waals surface area contributed by atoms with E-state index in [1.165, 1.54) is 0 Å². The van der Waals surface area contributed by atoms with Crippen LogP contribution in [0.1, 0.15) is 30.0 Å². The molecule has 1 aromatic carbocycles. The van der Waals surface area contributed by atoms with Gasteiger partial charge >= 0.3 is 5.97 Å². The van der Waals surface area contributed by atoms with E-state index in [4.69, 9.17) is 5.11 Å². The number of nitrogens with zero attached hydrogens (tertiary/aromatic N) is 1. The third-order valence-corrected chi connectivity index (χ3v) is 4.55. The molecule has 4 heteroatoms. The Morgan fingerprint density at radius 2 is 1.90 bits per heavy atom. The van der Waals surface area contributed by atoms with Crippen LogP contribution in [0, 0.1) is 25.7 Å². The van der Waals surface area contributed by atoms with Gasteiger partial charge in [-0.2, -0.15) is 0 Å². The molecule has 1 aromatic rings. The first-order valence-corrected chi connectivity index (χ1v) is 7.45. The zero-order valence-corrected chi connectivity index (χ0v) is 12.9. The summed E-state index contributed by atoms with van der Waals surface area (Å²) in [6, 6.07) is 6.04. The number of carboxylic acid groups (broad SMARTS) is 1. The SMILES string of the molecule is Cc1cccc(C)c1CC(=O)N1CCC(C(=O)O)C(C)C1. The number of amides is 1. The van der Waals surface area contributed by atoms with Crippen molar-refractivity contribution in [3.05, 3.63) is 34.9 Å². The number of hydrogen-bond donors (Lipinski definition) is 1. The summed E-state index contributed by atoms with van der Waals surface area (Å²) in [7, 11) is 0. The van der Waals surface area contributed by atoms with Gasteiger partial charge in [0.05, 0.1) is 12.3 Å². The zero-order chi connectivity index (χ0) is 15.6. The highest BCUT2D eigenvalue weighted by Crippen LogP contribution is 2.24. The molecule has 0 saturated carbocycles. The number of aliphatic carboxylic acids is 1. The fourth-order valence-electron chi connectivity index (χ4n) is 3.13. The number of carbonyl (C=O) groups is 2. The van der Waals surface area contributed by atoms with Crippen LogP contribution in [0.3, 0.4) is 0 Å². The van der Waals surface area contributed by atoms with Gasteiger partial charge in [-0.25, -0.2) is 0 Å². The van der Waals surface area contributed by atoms with Gasteiger partial charge in [0.15, 0.2) is 0 Å². The van der Waals surface area contributed by atoms with Gasteiger partial charge < -0.3 is 10.0 Å². The van der Waals surface area contributed by atoms with Crippen molar-refractivity contribution in [2.75, 3.05) is 13.1 Å². The first kappa shape index (κ1) is 15.5. The fraction of sp³-hybridized carbons (Fsp3) is 0.529. The largest absolute Gasteiger partial charge is 0.481 e. The van der Waals surface area contributed by atoms with Crippen molar-refractivity contribution < 1.29 is 14.7 Å². The van der Waals surface area contributed by atoms with Crippen LogP contribution in [0.4, 0.5) is 0 Å². The lowest BCUT2D eigenvalue weighted by atomic mass is 9.86. The van der Waals surface area contributed by atoms with Crippen LogP contribution in [0.2, 0.25) is 0 Å². The molecule has 2 unspecified atom stereocenters. The first-order chi connectivity index (χ1) is 9.90. The number of carboxylic acids is 1. The third-order valence-electron chi connectivity index (χ3n) is 4.55. The van der Waals surface area contributed by atoms with Gasteiger partial charge in [-0.3, -0.25) is 9.59 Å². The van der Waals surface area contributed by atoms with E-state index in [9.17, 15) is 9.59 Å². The standard InChI is InChI=1S/C17H23NO3/c1-11-5-4-6-12(2)15(11)9-16(19)18-8-7-14(17(20)21)13(3)10-18/h4-6,13-14H,7-10H2,1-3H3,(H,20,21). The smallest absolute Gasteiger partial charge is 0.306 e. The molecule has 1 aliphatic heterocycles. The summed E-state index contributed by atoms with van der Waals surface area (Å²) in [4.78, 5) is 25.4. The van der Waals surface area contributed by atoms with E-state index < -0.39 is 5.97 Å². The van der Waals surface area contributed by atoms with Crippen LogP contribution in [0.15, 0.2) is 18.2 Å². The van der Waals surface area contributed by atoms with Crippen LogP contribution in [-0.4, -0.2) is 35.0 Å². The maximum absolute atomic E-state index is 12.5. The predicted molar refractivity (Wildman–Crippen MR) is 81.1 cm³/mol. The predicted octanol–water partition coefficient (Wildman–Crippen LogP) is 2.42. The fourth-order valence-corrected chi connectivity index (χ4v) is 3.13. The minimum atomic E-state index is -0.746. The Kier molecular flexibility index (Phi) is 4.66. The molecule has 0 bridgehead atoms. The van der Waals surface area contributed by atoms with Crippen molar-refractivity contribution in [3.8, 4) is 0 Å². The molecule has 114 valence electrons. The maximum atomic E-state index is 12.5. The molecule has 1 saturated heterocycles. The molecular weight excluding hydrogens is 266 g/mol. The molecule has 0 aliphatic carbocycles. The molecule has 0 radical (unpaired) electrons. The summed E-state index contributed by atoms with van der Waals surface area (Å²) >= 11 is 0. The molecule has 4 nitrogen and oxygen atoms in total. The molecular formula is C17H23NO3. The number of aryl methyl sites for hydroxylation is 2. The molecule has 2 atom stereocenters. The highest BCUT2D eigenvalue weighted by Gasteiger charge is 2.32. The van der Waals surface area contributed by atoms with Crippen molar-refractivity contribution in [1.82, 2.24) is 4.90 Å². The summed E-state index contributed by atoms with van der Waals surface area (Å²) in [6.07, 6.45) is 0.956. The summed E-state index contributed by atoms with van der Waals surface area (Å²) in [5, 5.41) is 9.14. The van der Waals surface area contributed by atoms with Crippen LogP contribution < -0.4 is 0 Å². The van der Waals surface area contributed by atoms with Crippen molar-refractivity contribution in [1.29, 1.82) is 0 Å². The second-order valence-electron chi connectivity index (χ2n) is 6.10. The quantitative estimate of drug-likeness (QED) is 0.929. The average molecular weight is 289 g/mol. The Bertz CT molecular complexity index is 533. The van der Waals surface area contributed by atoms with Gasteiger partial charge in [-0.1, -0.05) is 25.1 Å². The number of rotatable bonds is 3. The zero-order valence-electron chi connectivity index (χ0n) is 12.9. The van der Waals surface area contributed by atoms with Gasteiger partial charge in [0.25, 0.3) is 0 Å². The Hall–Kier alpha value is -1.84. The Labute approximate surface area is 125 Å². The Balaban J connectivity index is 2.04. The summed E-state index contributed by atoms with van der Waals surface area (Å²) in [6.45, 7) is 7.05. The highest BCUT2D eigenvalue weighted by molar-refractivity contribution is 5.80. The number of hydrogen-bond acceptors (Lipinski definition) is 2. The lowest BCUT2D eigenvalue weighted by Gasteiger charge is -2.35. The van der Waals surface area contributed by atoms with Crippen LogP contribution in [0.5, 0.6) is 0 Å². The van der Waals surface area contributed by atoms with E-state index >= 15 is 0 Å². The summed E-state index contributed by atoms with van der Waals surface area (Å²) < 4.78 is 0. The van der Waals surface area contributed by atoms with E-state index in [0.717, 1.165) is 16.7 Å². The van der Waals surface area contributed by atoms with E-state index in [0.29, 0.717) is 25.9 Å². The molecule has 2 rings (SSSR count). The van der Waals surface area contributed by atoms with Crippen molar-refractivity contribution in [2.45, 2.75) is 33.6 Å². The molecule has 21 heavy (non-hydrogen) atoms. The second kappa shape index (κ2) is 6.29. The van der Waals surface area contributed by atoms with E-state index in [1.807, 2.05) is 43.9 Å². The van der Waals surface area contributed by atoms with Crippen LogP contribution in [-0.2, 0) is 16.0 Å². The van der Waals surface area contributed by atoms with Gasteiger partial charge in [0.2, 0.25) is 5.91 Å². The molecule has 1 fully saturated rings. The van der Waals surface area contributed by atoms with Crippen molar-refractivity contribution >= 4 is 11.9 Å². The van der Waals surface area contributed by atoms with Gasteiger partial charge in [-0.15, -0.1) is 0 Å². The van der Waals surface area contributed by atoms with E-state index in [1.54, 1.807) is 0 Å². The topological polar surface area (TPSA) is 57.6 Å². The number of carbonyl (C=O) groups excluding carboxylic acids is 1. The number of benzene rings is 1. The first-order valence-electron chi connectivity index (χ1n) is 7.45. The van der Waals surface area contributed by atoms with Crippen molar-refractivity contribution in [2.24, 2.45) is 11.8 Å². The van der Waals surface area contributed by atoms with Crippen LogP contribution >= 0.6 is 0 Å². The minimum Gasteiger partial charge on any atom is -0.481 e. The molecule has 0 spiro atoms.